The number of hydrogen-bond acceptors (Lipinski definition) is 5. The quantitative estimate of drug-likeness (QED) is 0.509. The smallest absolute Gasteiger partial charge is 0.253 e. The minimum absolute atomic E-state index is 0.0266. The molecule has 0 spiro atoms. The van der Waals surface area contributed by atoms with Crippen molar-refractivity contribution in [3.63, 3.8) is 0 Å². The van der Waals surface area contributed by atoms with Gasteiger partial charge >= 0.3 is 0 Å². The molecular formula is C17H14N2O3. The largest absolute Gasteiger partial charge is 0.506 e. The standard InChI is InChI=1S/C17H14N2O3/c1-10-6-5-9-12(20)13(10)19-15-14(16(21)17(15)22)18-11-7-3-2-4-8-11/h2-9,18-20H,1H3. The zero-order valence-electron chi connectivity index (χ0n) is 11.9. The Balaban J connectivity index is 1.95. The third-order valence-electron chi connectivity index (χ3n) is 3.45. The highest BCUT2D eigenvalue weighted by Gasteiger charge is 2.22. The Bertz CT molecular complexity index is 874. The lowest BCUT2D eigenvalue weighted by Gasteiger charge is -2.16. The molecule has 0 fully saturated rings. The topological polar surface area (TPSA) is 78.4 Å². The molecule has 5 heteroatoms. The van der Waals surface area contributed by atoms with E-state index in [0.29, 0.717) is 11.4 Å². The number of para-hydroxylation sites is 2. The molecule has 0 aliphatic carbocycles. The van der Waals surface area contributed by atoms with Gasteiger partial charge < -0.3 is 15.7 Å². The second kappa shape index (κ2) is 5.37. The number of rotatable bonds is 4. The molecule has 0 aliphatic heterocycles. The van der Waals surface area contributed by atoms with E-state index in [4.69, 9.17) is 0 Å². The van der Waals surface area contributed by atoms with E-state index in [2.05, 4.69) is 10.6 Å². The second-order valence-electron chi connectivity index (χ2n) is 4.99. The summed E-state index contributed by atoms with van der Waals surface area (Å²) >= 11 is 0. The van der Waals surface area contributed by atoms with Crippen LogP contribution in [0.1, 0.15) is 5.56 Å². The van der Waals surface area contributed by atoms with Crippen LogP contribution in [0.25, 0.3) is 0 Å². The number of phenols is 1. The summed E-state index contributed by atoms with van der Waals surface area (Å²) < 4.78 is 0. The molecule has 0 unspecified atom stereocenters. The summed E-state index contributed by atoms with van der Waals surface area (Å²) in [6.07, 6.45) is 0. The predicted octanol–water partition coefficient (Wildman–Crippen LogP) is 2.78. The summed E-state index contributed by atoms with van der Waals surface area (Å²) in [7, 11) is 0. The van der Waals surface area contributed by atoms with Crippen LogP contribution in [0.4, 0.5) is 22.7 Å². The van der Waals surface area contributed by atoms with E-state index in [0.717, 1.165) is 5.56 Å². The van der Waals surface area contributed by atoms with E-state index in [1.807, 2.05) is 18.2 Å². The van der Waals surface area contributed by atoms with E-state index >= 15 is 0 Å². The molecule has 0 bridgehead atoms. The molecule has 0 amide bonds. The Labute approximate surface area is 126 Å². The summed E-state index contributed by atoms with van der Waals surface area (Å²) in [5.41, 5.74) is 1.12. The summed E-state index contributed by atoms with van der Waals surface area (Å²) in [5, 5.41) is 15.7. The predicted molar refractivity (Wildman–Crippen MR) is 87.2 cm³/mol. The van der Waals surface area contributed by atoms with Gasteiger partial charge in [0, 0.05) is 5.69 Å². The van der Waals surface area contributed by atoms with Gasteiger partial charge in [-0.25, -0.2) is 0 Å². The molecule has 0 saturated carbocycles. The average Bonchev–Trinajstić information content (AvgIpc) is 2.53. The second-order valence-corrected chi connectivity index (χ2v) is 4.99. The number of phenolic OH excluding ortho intramolecular Hbond substituents is 1. The zero-order chi connectivity index (χ0) is 15.7. The van der Waals surface area contributed by atoms with Crippen molar-refractivity contribution < 1.29 is 5.11 Å². The first-order valence-electron chi connectivity index (χ1n) is 6.79. The summed E-state index contributed by atoms with van der Waals surface area (Å²) in [5.74, 6) is 0.0266. The molecule has 0 aliphatic rings. The van der Waals surface area contributed by atoms with Gasteiger partial charge in [-0.1, -0.05) is 30.3 Å². The number of benzene rings is 2. The Morgan fingerprint density at radius 2 is 1.41 bits per heavy atom. The molecule has 22 heavy (non-hydrogen) atoms. The highest BCUT2D eigenvalue weighted by atomic mass is 16.3. The van der Waals surface area contributed by atoms with Gasteiger partial charge in [0.1, 0.15) is 17.1 Å². The van der Waals surface area contributed by atoms with Crippen LogP contribution >= 0.6 is 0 Å². The van der Waals surface area contributed by atoms with E-state index < -0.39 is 10.9 Å². The molecule has 0 aromatic heterocycles. The maximum Gasteiger partial charge on any atom is 0.253 e. The highest BCUT2D eigenvalue weighted by molar-refractivity contribution is 5.84. The van der Waals surface area contributed by atoms with Gasteiger partial charge in [-0.2, -0.15) is 0 Å². The lowest BCUT2D eigenvalue weighted by molar-refractivity contribution is 0.477. The molecule has 3 aromatic carbocycles. The number of anilines is 4. The van der Waals surface area contributed by atoms with Gasteiger partial charge in [-0.15, -0.1) is 0 Å². The lowest BCUT2D eigenvalue weighted by Crippen LogP contribution is -2.35. The number of aromatic hydroxyl groups is 1. The number of nitrogens with one attached hydrogen (secondary N) is 2. The van der Waals surface area contributed by atoms with Crippen molar-refractivity contribution in [2.45, 2.75) is 6.92 Å². The zero-order valence-corrected chi connectivity index (χ0v) is 11.9. The highest BCUT2D eigenvalue weighted by Crippen LogP contribution is 2.31. The van der Waals surface area contributed by atoms with Gasteiger partial charge in [-0.05, 0) is 30.7 Å². The van der Waals surface area contributed by atoms with Crippen LogP contribution in [0, 0.1) is 6.92 Å². The van der Waals surface area contributed by atoms with Gasteiger partial charge in [0.15, 0.2) is 0 Å². The van der Waals surface area contributed by atoms with E-state index in [1.165, 1.54) is 6.07 Å². The Morgan fingerprint density at radius 3 is 2.05 bits per heavy atom. The first-order valence-corrected chi connectivity index (χ1v) is 6.79. The van der Waals surface area contributed by atoms with E-state index in [9.17, 15) is 14.7 Å². The maximum atomic E-state index is 11.8. The molecule has 5 nitrogen and oxygen atoms in total. The fourth-order valence-electron chi connectivity index (χ4n) is 2.24. The fraction of sp³-hybridized carbons (Fsp3) is 0.0588. The van der Waals surface area contributed by atoms with Crippen LogP contribution in [-0.4, -0.2) is 5.11 Å². The van der Waals surface area contributed by atoms with E-state index in [1.54, 1.807) is 31.2 Å². The molecule has 0 saturated heterocycles. The van der Waals surface area contributed by atoms with Crippen molar-refractivity contribution in [3.8, 4) is 5.75 Å². The number of hydrogen-bond donors (Lipinski definition) is 3. The van der Waals surface area contributed by atoms with Crippen molar-refractivity contribution in [3.05, 3.63) is 74.5 Å². The van der Waals surface area contributed by atoms with Crippen LogP contribution in [0.2, 0.25) is 0 Å². The molecule has 0 atom stereocenters. The minimum atomic E-state index is -0.596. The van der Waals surface area contributed by atoms with Crippen LogP contribution in [0.15, 0.2) is 58.1 Å². The first kappa shape index (κ1) is 13.9. The van der Waals surface area contributed by atoms with E-state index in [-0.39, 0.29) is 17.1 Å². The third-order valence-corrected chi connectivity index (χ3v) is 3.45. The number of aryl methyl sites for hydroxylation is 1. The van der Waals surface area contributed by atoms with Crippen molar-refractivity contribution in [2.75, 3.05) is 10.6 Å². The van der Waals surface area contributed by atoms with Crippen molar-refractivity contribution in [2.24, 2.45) is 0 Å². The Morgan fingerprint density at radius 1 is 0.773 bits per heavy atom. The van der Waals surface area contributed by atoms with Gasteiger partial charge in [0.05, 0.1) is 5.69 Å². The van der Waals surface area contributed by atoms with Crippen LogP contribution in [0.5, 0.6) is 5.75 Å². The molecule has 0 heterocycles. The average molecular weight is 294 g/mol. The van der Waals surface area contributed by atoms with Crippen molar-refractivity contribution in [1.29, 1.82) is 0 Å². The Hall–Kier alpha value is -3.08. The summed E-state index contributed by atoms with van der Waals surface area (Å²) in [6, 6.07) is 14.1. The normalized spacial score (nSPS) is 10.6. The maximum absolute atomic E-state index is 11.8. The molecular weight excluding hydrogens is 280 g/mol. The van der Waals surface area contributed by atoms with Crippen molar-refractivity contribution in [1.82, 2.24) is 0 Å². The minimum Gasteiger partial charge on any atom is -0.506 e. The molecule has 3 rings (SSSR count). The first-order chi connectivity index (χ1) is 10.6. The SMILES string of the molecule is Cc1cccc(O)c1Nc1c(Nc2ccccc2)c(=O)c1=O. The molecule has 0 radical (unpaired) electrons. The van der Waals surface area contributed by atoms with Crippen LogP contribution in [0.3, 0.4) is 0 Å². The summed E-state index contributed by atoms with van der Waals surface area (Å²) in [4.78, 5) is 23.6. The van der Waals surface area contributed by atoms with Gasteiger partial charge in [-0.3, -0.25) is 9.59 Å². The lowest BCUT2D eigenvalue weighted by atomic mass is 10.1. The van der Waals surface area contributed by atoms with Crippen LogP contribution < -0.4 is 21.5 Å². The fourth-order valence-corrected chi connectivity index (χ4v) is 2.24. The van der Waals surface area contributed by atoms with Crippen molar-refractivity contribution >= 4 is 22.7 Å². The monoisotopic (exact) mass is 294 g/mol. The van der Waals surface area contributed by atoms with Gasteiger partial charge in [0.25, 0.3) is 10.9 Å². The Kier molecular flexibility index (Phi) is 3.39. The summed E-state index contributed by atoms with van der Waals surface area (Å²) in [6.45, 7) is 1.80. The van der Waals surface area contributed by atoms with Crippen LogP contribution in [-0.2, 0) is 0 Å². The molecule has 3 aromatic rings. The molecule has 110 valence electrons. The molecule has 3 N–H and O–H groups in total. The van der Waals surface area contributed by atoms with Gasteiger partial charge in [0.2, 0.25) is 0 Å². The third kappa shape index (κ3) is 2.33.